The molecule has 0 aromatic heterocycles. The van der Waals surface area contributed by atoms with Gasteiger partial charge in [0.1, 0.15) is 30.1 Å². The Balaban J connectivity index is 2.18. The summed E-state index contributed by atoms with van der Waals surface area (Å²) in [4.78, 5) is 11.2. The van der Waals surface area contributed by atoms with Gasteiger partial charge in [0.25, 0.3) is 0 Å². The third kappa shape index (κ3) is 3.70. The summed E-state index contributed by atoms with van der Waals surface area (Å²) in [5.41, 5.74) is 0. The van der Waals surface area contributed by atoms with Crippen LogP contribution in [0.5, 0.6) is 5.75 Å². The Morgan fingerprint density at radius 3 is 2.52 bits per heavy atom. The van der Waals surface area contributed by atoms with Crippen molar-refractivity contribution in [3.8, 4) is 5.75 Å². The minimum atomic E-state index is -1.32. The van der Waals surface area contributed by atoms with E-state index in [0.717, 1.165) is 0 Å². The zero-order chi connectivity index (χ0) is 15.4. The van der Waals surface area contributed by atoms with E-state index in [9.17, 15) is 20.1 Å². The van der Waals surface area contributed by atoms with Crippen molar-refractivity contribution in [3.05, 3.63) is 30.3 Å². The highest BCUT2D eigenvalue weighted by atomic mass is 16.7. The number of hydrogen-bond donors (Lipinski definition) is 4. The molecule has 116 valence electrons. The van der Waals surface area contributed by atoms with Crippen LogP contribution in [-0.2, 0) is 9.53 Å². The number of carbonyl (C=O) groups is 1. The van der Waals surface area contributed by atoms with E-state index in [0.29, 0.717) is 5.75 Å². The normalized spacial score (nSPS) is 32.5. The number of nitrogens with one attached hydrogen (secondary N) is 1. The van der Waals surface area contributed by atoms with Crippen LogP contribution < -0.4 is 10.1 Å². The van der Waals surface area contributed by atoms with E-state index in [2.05, 4.69) is 5.32 Å². The highest BCUT2D eigenvalue weighted by Crippen LogP contribution is 2.24. The van der Waals surface area contributed by atoms with Gasteiger partial charge in [0, 0.05) is 6.92 Å². The Bertz CT molecular complexity index is 468. The Morgan fingerprint density at radius 2 is 1.95 bits per heavy atom. The maximum absolute atomic E-state index is 11.2. The van der Waals surface area contributed by atoms with Gasteiger partial charge in [-0.2, -0.15) is 0 Å². The second-order valence-corrected chi connectivity index (χ2v) is 4.86. The minimum absolute atomic E-state index is 0.390. The number of aliphatic hydroxyl groups excluding tert-OH is 3. The number of hydrogen-bond acceptors (Lipinski definition) is 6. The van der Waals surface area contributed by atoms with Crippen LogP contribution in [0.2, 0.25) is 0 Å². The zero-order valence-electron chi connectivity index (χ0n) is 11.5. The molecule has 1 aromatic carbocycles. The van der Waals surface area contributed by atoms with E-state index in [1.54, 1.807) is 24.3 Å². The van der Waals surface area contributed by atoms with Gasteiger partial charge in [0.2, 0.25) is 12.2 Å². The van der Waals surface area contributed by atoms with Gasteiger partial charge in [-0.15, -0.1) is 0 Å². The van der Waals surface area contributed by atoms with Crippen molar-refractivity contribution in [1.82, 2.24) is 5.32 Å². The number of aliphatic hydroxyl groups is 3. The summed E-state index contributed by atoms with van der Waals surface area (Å²) in [6, 6.07) is 7.79. The van der Waals surface area contributed by atoms with Crippen molar-refractivity contribution >= 4 is 5.91 Å². The Labute approximate surface area is 122 Å². The molecular formula is C14H19NO6. The molecule has 1 fully saturated rings. The van der Waals surface area contributed by atoms with Crippen molar-refractivity contribution in [2.45, 2.75) is 37.6 Å². The topological polar surface area (TPSA) is 108 Å². The SMILES string of the molecule is CC(=O)NC1[C@H](Oc2ccccc2)OC(CO)[C@H](O)[C@@H]1O. The first kappa shape index (κ1) is 15.7. The van der Waals surface area contributed by atoms with E-state index in [4.69, 9.17) is 9.47 Å². The van der Waals surface area contributed by atoms with Gasteiger partial charge in [0.05, 0.1) is 6.61 Å². The van der Waals surface area contributed by atoms with Gasteiger partial charge in [-0.1, -0.05) is 18.2 Å². The second kappa shape index (κ2) is 6.86. The van der Waals surface area contributed by atoms with Crippen LogP contribution in [0, 0.1) is 0 Å². The number of benzene rings is 1. The summed E-state index contributed by atoms with van der Waals surface area (Å²) in [6.07, 6.45) is -4.64. The molecule has 0 spiro atoms. The number of rotatable bonds is 4. The summed E-state index contributed by atoms with van der Waals surface area (Å²) in [6.45, 7) is 0.816. The third-order valence-corrected chi connectivity index (χ3v) is 3.25. The highest BCUT2D eigenvalue weighted by molar-refractivity contribution is 5.73. The predicted octanol–water partition coefficient (Wildman–Crippen LogP) is -0.991. The van der Waals surface area contributed by atoms with E-state index in [1.807, 2.05) is 6.07 Å². The largest absolute Gasteiger partial charge is 0.463 e. The predicted molar refractivity (Wildman–Crippen MR) is 72.4 cm³/mol. The first-order valence-corrected chi connectivity index (χ1v) is 6.64. The van der Waals surface area contributed by atoms with E-state index < -0.39 is 37.3 Å². The number of carbonyl (C=O) groups excluding carboxylic acids is 1. The van der Waals surface area contributed by atoms with Crippen molar-refractivity contribution in [2.75, 3.05) is 6.61 Å². The zero-order valence-corrected chi connectivity index (χ0v) is 11.5. The quantitative estimate of drug-likeness (QED) is 0.568. The lowest BCUT2D eigenvalue weighted by Crippen LogP contribution is -2.65. The molecule has 1 heterocycles. The molecule has 4 N–H and O–H groups in total. The molecule has 5 atom stereocenters. The molecule has 1 aromatic rings. The van der Waals surface area contributed by atoms with Gasteiger partial charge in [-0.05, 0) is 12.1 Å². The summed E-state index contributed by atoms with van der Waals surface area (Å²) in [5, 5.41) is 31.7. The molecule has 0 radical (unpaired) electrons. The molecule has 2 rings (SSSR count). The average molecular weight is 297 g/mol. The van der Waals surface area contributed by atoms with Gasteiger partial charge in [-0.25, -0.2) is 0 Å². The monoisotopic (exact) mass is 297 g/mol. The molecule has 2 unspecified atom stereocenters. The van der Waals surface area contributed by atoms with E-state index in [1.165, 1.54) is 6.92 Å². The van der Waals surface area contributed by atoms with Crippen molar-refractivity contribution in [3.63, 3.8) is 0 Å². The van der Waals surface area contributed by atoms with Crippen molar-refractivity contribution in [2.24, 2.45) is 0 Å². The molecule has 1 aliphatic heterocycles. The van der Waals surface area contributed by atoms with Crippen LogP contribution in [0.15, 0.2) is 30.3 Å². The average Bonchev–Trinajstić information content (AvgIpc) is 2.47. The molecule has 21 heavy (non-hydrogen) atoms. The maximum atomic E-state index is 11.2. The van der Waals surface area contributed by atoms with Crippen LogP contribution in [0.1, 0.15) is 6.92 Å². The number of ether oxygens (including phenoxy) is 2. The summed E-state index contributed by atoms with van der Waals surface area (Å²) in [5.74, 6) is 0.0945. The molecule has 7 nitrogen and oxygen atoms in total. The van der Waals surface area contributed by atoms with Crippen LogP contribution in [0.3, 0.4) is 0 Å². The molecule has 7 heteroatoms. The molecule has 0 bridgehead atoms. The van der Waals surface area contributed by atoms with Crippen molar-refractivity contribution in [1.29, 1.82) is 0 Å². The first-order valence-electron chi connectivity index (χ1n) is 6.64. The van der Waals surface area contributed by atoms with Gasteiger partial charge < -0.3 is 30.1 Å². The second-order valence-electron chi connectivity index (χ2n) is 4.86. The van der Waals surface area contributed by atoms with Crippen molar-refractivity contribution < 1.29 is 29.6 Å². The Hall–Kier alpha value is -1.67. The Morgan fingerprint density at radius 1 is 1.29 bits per heavy atom. The summed E-state index contributed by atoms with van der Waals surface area (Å²) in [7, 11) is 0. The van der Waals surface area contributed by atoms with Crippen LogP contribution in [0.25, 0.3) is 0 Å². The lowest BCUT2D eigenvalue weighted by molar-refractivity contribution is -0.244. The number of para-hydroxylation sites is 1. The number of amides is 1. The molecule has 1 saturated heterocycles. The maximum Gasteiger partial charge on any atom is 0.223 e. The molecule has 1 aliphatic rings. The van der Waals surface area contributed by atoms with Crippen LogP contribution in [-0.4, -0.2) is 58.5 Å². The van der Waals surface area contributed by atoms with Crippen LogP contribution in [0.4, 0.5) is 0 Å². The van der Waals surface area contributed by atoms with Gasteiger partial charge in [0.15, 0.2) is 0 Å². The Kier molecular flexibility index (Phi) is 5.13. The first-order chi connectivity index (χ1) is 10.0. The smallest absolute Gasteiger partial charge is 0.223 e. The van der Waals surface area contributed by atoms with E-state index >= 15 is 0 Å². The molecule has 0 aliphatic carbocycles. The molecule has 1 amide bonds. The summed E-state index contributed by atoms with van der Waals surface area (Å²) < 4.78 is 11.0. The lowest BCUT2D eigenvalue weighted by Gasteiger charge is -2.42. The minimum Gasteiger partial charge on any atom is -0.463 e. The van der Waals surface area contributed by atoms with Gasteiger partial charge >= 0.3 is 0 Å². The molecular weight excluding hydrogens is 278 g/mol. The fourth-order valence-corrected chi connectivity index (χ4v) is 2.20. The highest BCUT2D eigenvalue weighted by Gasteiger charge is 2.45. The van der Waals surface area contributed by atoms with Crippen LogP contribution >= 0.6 is 0 Å². The van der Waals surface area contributed by atoms with E-state index in [-0.39, 0.29) is 5.91 Å². The van der Waals surface area contributed by atoms with Gasteiger partial charge in [-0.3, -0.25) is 4.79 Å². The summed E-state index contributed by atoms with van der Waals surface area (Å²) >= 11 is 0. The lowest BCUT2D eigenvalue weighted by atomic mass is 9.97. The fraction of sp³-hybridized carbons (Fsp3) is 0.500. The standard InChI is InChI=1S/C14H19NO6/c1-8(17)15-11-13(19)12(18)10(7-16)21-14(11)20-9-5-3-2-4-6-9/h2-6,10-14,16,18-19H,7H2,1H3,(H,15,17)/t10?,11?,12-,13+,14+/m0/s1. The molecule has 0 saturated carbocycles. The fourth-order valence-electron chi connectivity index (χ4n) is 2.20. The third-order valence-electron chi connectivity index (χ3n) is 3.25.